The number of pyridine rings is 1. The fourth-order valence-electron chi connectivity index (χ4n) is 2.77. The molecule has 0 unspecified atom stereocenters. The van der Waals surface area contributed by atoms with E-state index < -0.39 is 0 Å². The molecule has 0 aliphatic carbocycles. The Kier molecular flexibility index (Phi) is 7.36. The molecule has 0 saturated heterocycles. The fraction of sp³-hybridized carbons (Fsp3) is 0.174. The molecule has 6 heteroatoms. The predicted molar refractivity (Wildman–Crippen MR) is 115 cm³/mol. The molecule has 0 spiro atoms. The second-order valence-electron chi connectivity index (χ2n) is 6.46. The minimum Gasteiger partial charge on any atom is -0.493 e. The van der Waals surface area contributed by atoms with Crippen LogP contribution < -0.4 is 10.2 Å². The van der Waals surface area contributed by atoms with Crippen LogP contribution in [0.15, 0.2) is 78.2 Å². The van der Waals surface area contributed by atoms with Crippen LogP contribution in [0.1, 0.15) is 29.5 Å². The highest BCUT2D eigenvalue weighted by Crippen LogP contribution is 2.21. The van der Waals surface area contributed by atoms with E-state index in [0.717, 1.165) is 22.4 Å². The lowest BCUT2D eigenvalue weighted by molar-refractivity contribution is -0.121. The Balaban J connectivity index is 1.56. The summed E-state index contributed by atoms with van der Waals surface area (Å²) >= 11 is 5.94. The summed E-state index contributed by atoms with van der Waals surface area (Å²) in [6, 6.07) is 18.9. The monoisotopic (exact) mass is 407 g/mol. The van der Waals surface area contributed by atoms with Gasteiger partial charge in [-0.25, -0.2) is 5.43 Å². The van der Waals surface area contributed by atoms with Crippen molar-refractivity contribution < 1.29 is 9.53 Å². The van der Waals surface area contributed by atoms with Crippen LogP contribution in [0, 0.1) is 6.92 Å². The van der Waals surface area contributed by atoms with E-state index in [9.17, 15) is 4.79 Å². The van der Waals surface area contributed by atoms with Gasteiger partial charge in [0.1, 0.15) is 5.75 Å². The third-order valence-electron chi connectivity index (χ3n) is 4.24. The number of benzene rings is 2. The molecule has 0 saturated carbocycles. The third-order valence-corrected chi connectivity index (χ3v) is 4.47. The summed E-state index contributed by atoms with van der Waals surface area (Å²) in [5.41, 5.74) is 6.11. The summed E-state index contributed by atoms with van der Waals surface area (Å²) in [5, 5.41) is 5.04. The van der Waals surface area contributed by atoms with E-state index in [-0.39, 0.29) is 5.91 Å². The molecule has 0 bridgehead atoms. The van der Waals surface area contributed by atoms with Crippen molar-refractivity contribution in [3.05, 3.63) is 94.8 Å². The van der Waals surface area contributed by atoms with Gasteiger partial charge < -0.3 is 4.74 Å². The van der Waals surface area contributed by atoms with Gasteiger partial charge in [0.05, 0.1) is 12.3 Å². The van der Waals surface area contributed by atoms with E-state index in [1.165, 1.54) is 0 Å². The van der Waals surface area contributed by atoms with E-state index in [4.69, 9.17) is 16.3 Å². The van der Waals surface area contributed by atoms with Crippen molar-refractivity contribution >= 4 is 23.2 Å². The number of hydrogen-bond donors (Lipinski definition) is 1. The first-order chi connectivity index (χ1) is 14.1. The summed E-state index contributed by atoms with van der Waals surface area (Å²) in [7, 11) is 0. The number of nitrogens with zero attached hydrogens (tertiary/aromatic N) is 2. The van der Waals surface area contributed by atoms with Crippen LogP contribution >= 0.6 is 11.6 Å². The highest BCUT2D eigenvalue weighted by Gasteiger charge is 2.08. The largest absolute Gasteiger partial charge is 0.493 e. The normalized spacial score (nSPS) is 11.2. The first kappa shape index (κ1) is 20.6. The maximum atomic E-state index is 12.2. The van der Waals surface area contributed by atoms with Gasteiger partial charge in [0, 0.05) is 35.0 Å². The summed E-state index contributed by atoms with van der Waals surface area (Å²) in [4.78, 5) is 16.3. The molecule has 0 aliphatic rings. The Morgan fingerprint density at radius 2 is 1.79 bits per heavy atom. The van der Waals surface area contributed by atoms with Gasteiger partial charge in [-0.3, -0.25) is 9.78 Å². The molecule has 0 fully saturated rings. The summed E-state index contributed by atoms with van der Waals surface area (Å²) in [6.07, 6.45) is 4.30. The van der Waals surface area contributed by atoms with Gasteiger partial charge >= 0.3 is 0 Å². The lowest BCUT2D eigenvalue weighted by Crippen LogP contribution is -2.21. The number of carbonyl (C=O) groups excluding carboxylic acids is 1. The Morgan fingerprint density at radius 3 is 2.52 bits per heavy atom. The average Bonchev–Trinajstić information content (AvgIpc) is 2.74. The van der Waals surface area contributed by atoms with E-state index in [1.807, 2.05) is 61.5 Å². The number of halogens is 1. The Morgan fingerprint density at radius 1 is 1.07 bits per heavy atom. The van der Waals surface area contributed by atoms with Gasteiger partial charge in [-0.15, -0.1) is 0 Å². The number of aromatic nitrogens is 1. The zero-order chi connectivity index (χ0) is 20.5. The predicted octanol–water partition coefficient (Wildman–Crippen LogP) is 4.77. The van der Waals surface area contributed by atoms with Crippen molar-refractivity contribution in [2.75, 3.05) is 6.61 Å². The molecule has 0 aliphatic heterocycles. The molecule has 2 aromatic carbocycles. The van der Waals surface area contributed by atoms with Crippen LogP contribution in [0.4, 0.5) is 0 Å². The van der Waals surface area contributed by atoms with Crippen LogP contribution in [0.3, 0.4) is 0 Å². The second kappa shape index (κ2) is 10.4. The highest BCUT2D eigenvalue weighted by atomic mass is 35.5. The number of aryl methyl sites for hydroxylation is 1. The van der Waals surface area contributed by atoms with Crippen molar-refractivity contribution in [1.82, 2.24) is 10.4 Å². The molecular formula is C23H22ClN3O2. The van der Waals surface area contributed by atoms with Gasteiger partial charge in [0.25, 0.3) is 0 Å². The number of carbonyl (C=O) groups is 1. The Bertz CT molecular complexity index is 934. The van der Waals surface area contributed by atoms with Crippen molar-refractivity contribution in [2.24, 2.45) is 5.10 Å². The van der Waals surface area contributed by atoms with E-state index in [0.29, 0.717) is 30.2 Å². The van der Waals surface area contributed by atoms with E-state index >= 15 is 0 Å². The molecule has 3 rings (SSSR count). The quantitative estimate of drug-likeness (QED) is 0.332. The molecule has 148 valence electrons. The van der Waals surface area contributed by atoms with Gasteiger partial charge in [-0.2, -0.15) is 5.10 Å². The zero-order valence-electron chi connectivity index (χ0n) is 16.1. The summed E-state index contributed by atoms with van der Waals surface area (Å²) < 4.78 is 5.73. The lowest BCUT2D eigenvalue weighted by atomic mass is 10.0. The molecule has 3 aromatic rings. The van der Waals surface area contributed by atoms with E-state index in [1.54, 1.807) is 18.5 Å². The standard InChI is InChI=1S/C23H22ClN3O2/c1-17-16-20(24)9-10-21(17)29-15-5-8-22(28)26-27-23(18-6-3-2-4-7-18)19-11-13-25-14-12-19/h2-4,6-7,9-14,16H,5,8,15H2,1H3,(H,26,28)/b27-23+. The topological polar surface area (TPSA) is 63.6 Å². The molecule has 5 nitrogen and oxygen atoms in total. The van der Waals surface area contributed by atoms with Gasteiger partial charge in [0.2, 0.25) is 5.91 Å². The van der Waals surface area contributed by atoms with Crippen molar-refractivity contribution in [3.63, 3.8) is 0 Å². The molecule has 29 heavy (non-hydrogen) atoms. The fourth-order valence-corrected chi connectivity index (χ4v) is 2.99. The van der Waals surface area contributed by atoms with E-state index in [2.05, 4.69) is 15.5 Å². The average molecular weight is 408 g/mol. The number of rotatable bonds is 8. The molecular weight excluding hydrogens is 386 g/mol. The van der Waals surface area contributed by atoms with Gasteiger partial charge in [-0.1, -0.05) is 41.9 Å². The number of nitrogens with one attached hydrogen (secondary N) is 1. The highest BCUT2D eigenvalue weighted by molar-refractivity contribution is 6.30. The second-order valence-corrected chi connectivity index (χ2v) is 6.90. The minimum absolute atomic E-state index is 0.163. The van der Waals surface area contributed by atoms with Crippen LogP contribution in [-0.4, -0.2) is 23.2 Å². The molecule has 1 aromatic heterocycles. The maximum Gasteiger partial charge on any atom is 0.240 e. The molecule has 1 N–H and O–H groups in total. The third kappa shape index (κ3) is 6.16. The van der Waals surface area contributed by atoms with Crippen LogP contribution in [0.2, 0.25) is 5.02 Å². The number of ether oxygens (including phenoxy) is 1. The smallest absolute Gasteiger partial charge is 0.240 e. The SMILES string of the molecule is Cc1cc(Cl)ccc1OCCCC(=O)N/N=C(\c1ccccc1)c1ccncc1. The molecule has 0 atom stereocenters. The van der Waals surface area contributed by atoms with Crippen molar-refractivity contribution in [1.29, 1.82) is 0 Å². The van der Waals surface area contributed by atoms with Gasteiger partial charge in [0.15, 0.2) is 0 Å². The minimum atomic E-state index is -0.163. The van der Waals surface area contributed by atoms with Crippen LogP contribution in [0.5, 0.6) is 5.75 Å². The van der Waals surface area contributed by atoms with Crippen molar-refractivity contribution in [3.8, 4) is 5.75 Å². The summed E-state index contributed by atoms with van der Waals surface area (Å²) in [6.45, 7) is 2.38. The lowest BCUT2D eigenvalue weighted by Gasteiger charge is -2.09. The first-order valence-electron chi connectivity index (χ1n) is 9.35. The number of hydrazone groups is 1. The molecule has 1 amide bonds. The molecule has 0 radical (unpaired) electrons. The number of hydrogen-bond acceptors (Lipinski definition) is 4. The Labute approximate surface area is 175 Å². The first-order valence-corrected chi connectivity index (χ1v) is 9.72. The van der Waals surface area contributed by atoms with Crippen LogP contribution in [-0.2, 0) is 4.79 Å². The van der Waals surface area contributed by atoms with Crippen molar-refractivity contribution in [2.45, 2.75) is 19.8 Å². The van der Waals surface area contributed by atoms with Crippen LogP contribution in [0.25, 0.3) is 0 Å². The van der Waals surface area contributed by atoms with Gasteiger partial charge in [-0.05, 0) is 49.2 Å². The maximum absolute atomic E-state index is 12.2. The molecule has 1 heterocycles. The Hall–Kier alpha value is -3.18. The zero-order valence-corrected chi connectivity index (χ0v) is 16.9. The summed E-state index contributed by atoms with van der Waals surface area (Å²) in [5.74, 6) is 0.612. The number of amides is 1.